The number of carbonyl (C=O) groups excluding carboxylic acids is 1. The summed E-state index contributed by atoms with van der Waals surface area (Å²) in [7, 11) is 0. The fraction of sp³-hybridized carbons (Fsp3) is 0.611. The predicted molar refractivity (Wildman–Crippen MR) is 98.1 cm³/mol. The molecule has 1 heterocycles. The number of carbonyl (C=O) groups is 1. The molecule has 1 saturated heterocycles. The van der Waals surface area contributed by atoms with Gasteiger partial charge >= 0.3 is 6.09 Å². The summed E-state index contributed by atoms with van der Waals surface area (Å²) in [4.78, 5) is 14.1. The highest BCUT2D eigenvalue weighted by Crippen LogP contribution is 2.29. The molecule has 0 spiro atoms. The standard InChI is InChI=1S/C18H27BrN2O2/c1-12-9-13(2)16(15(19)10-12)20-14-7-6-8-21(11-14)17(22)23-18(3,4)5/h9-10,14,20H,6-8,11H2,1-5H3. The van der Waals surface area contributed by atoms with Gasteiger partial charge in [0.05, 0.1) is 5.69 Å². The number of anilines is 1. The van der Waals surface area contributed by atoms with Crippen LogP contribution < -0.4 is 5.32 Å². The van der Waals surface area contributed by atoms with E-state index in [4.69, 9.17) is 4.74 Å². The molecule has 1 aliphatic heterocycles. The molecule has 0 saturated carbocycles. The van der Waals surface area contributed by atoms with Gasteiger partial charge in [-0.1, -0.05) is 6.07 Å². The van der Waals surface area contributed by atoms with Crippen LogP contribution in [0.1, 0.15) is 44.7 Å². The van der Waals surface area contributed by atoms with E-state index < -0.39 is 5.60 Å². The molecule has 1 aromatic carbocycles. The summed E-state index contributed by atoms with van der Waals surface area (Å²) in [5.41, 5.74) is 3.12. The second-order valence-electron chi connectivity index (χ2n) is 7.35. The number of rotatable bonds is 2. The van der Waals surface area contributed by atoms with E-state index in [1.165, 1.54) is 11.1 Å². The lowest BCUT2D eigenvalue weighted by molar-refractivity contribution is 0.0206. The van der Waals surface area contributed by atoms with Gasteiger partial charge in [-0.05, 0) is 80.6 Å². The molecule has 2 rings (SSSR count). The third kappa shape index (κ3) is 5.13. The topological polar surface area (TPSA) is 41.6 Å². The quantitative estimate of drug-likeness (QED) is 0.792. The zero-order valence-corrected chi connectivity index (χ0v) is 16.3. The summed E-state index contributed by atoms with van der Waals surface area (Å²) >= 11 is 3.64. The number of nitrogens with zero attached hydrogens (tertiary/aromatic N) is 1. The van der Waals surface area contributed by atoms with Crippen molar-refractivity contribution in [3.05, 3.63) is 27.7 Å². The van der Waals surface area contributed by atoms with Crippen LogP contribution in [0.2, 0.25) is 0 Å². The van der Waals surface area contributed by atoms with Gasteiger partial charge < -0.3 is 15.0 Å². The fourth-order valence-electron chi connectivity index (χ4n) is 2.89. The number of hydrogen-bond acceptors (Lipinski definition) is 3. The molecule has 1 atom stereocenters. The first-order valence-electron chi connectivity index (χ1n) is 8.17. The van der Waals surface area contributed by atoms with Crippen LogP contribution in [-0.2, 0) is 4.74 Å². The lowest BCUT2D eigenvalue weighted by Gasteiger charge is -2.35. The fourth-order valence-corrected chi connectivity index (χ4v) is 3.68. The molecule has 5 heteroatoms. The highest BCUT2D eigenvalue weighted by atomic mass is 79.9. The van der Waals surface area contributed by atoms with Crippen LogP contribution in [0.5, 0.6) is 0 Å². The molecular weight excluding hydrogens is 356 g/mol. The van der Waals surface area contributed by atoms with Crippen molar-refractivity contribution < 1.29 is 9.53 Å². The largest absolute Gasteiger partial charge is 0.444 e. The molecule has 1 amide bonds. The lowest BCUT2D eigenvalue weighted by atomic mass is 10.0. The molecule has 0 aromatic heterocycles. The van der Waals surface area contributed by atoms with Gasteiger partial charge in [-0.3, -0.25) is 0 Å². The molecule has 1 N–H and O–H groups in total. The van der Waals surface area contributed by atoms with Crippen molar-refractivity contribution in [2.45, 2.75) is 59.1 Å². The Balaban J connectivity index is 2.03. The SMILES string of the molecule is Cc1cc(C)c(NC2CCCN(C(=O)OC(C)(C)C)C2)c(Br)c1. The zero-order chi connectivity index (χ0) is 17.2. The second kappa shape index (κ2) is 7.12. The minimum absolute atomic E-state index is 0.219. The number of halogens is 1. The third-order valence-corrected chi connectivity index (χ3v) is 4.48. The Morgan fingerprint density at radius 1 is 1.35 bits per heavy atom. The van der Waals surface area contributed by atoms with Crippen LogP contribution in [0, 0.1) is 13.8 Å². The average molecular weight is 383 g/mol. The summed E-state index contributed by atoms with van der Waals surface area (Å²) in [6.07, 6.45) is 1.82. The molecule has 1 aliphatic rings. The normalized spacial score (nSPS) is 18.7. The number of likely N-dealkylation sites (tertiary alicyclic amines) is 1. The number of nitrogens with one attached hydrogen (secondary N) is 1. The maximum atomic E-state index is 12.3. The molecule has 1 unspecified atom stereocenters. The summed E-state index contributed by atoms with van der Waals surface area (Å²) in [5, 5.41) is 3.60. The Hall–Kier alpha value is -1.23. The smallest absolute Gasteiger partial charge is 0.410 e. The Morgan fingerprint density at radius 2 is 2.04 bits per heavy atom. The van der Waals surface area contributed by atoms with Crippen molar-refractivity contribution in [3.8, 4) is 0 Å². The molecule has 0 aliphatic carbocycles. The van der Waals surface area contributed by atoms with Gasteiger partial charge in [0.1, 0.15) is 5.60 Å². The van der Waals surface area contributed by atoms with Crippen molar-refractivity contribution in [2.24, 2.45) is 0 Å². The van der Waals surface area contributed by atoms with E-state index >= 15 is 0 Å². The highest BCUT2D eigenvalue weighted by molar-refractivity contribution is 9.10. The van der Waals surface area contributed by atoms with Crippen molar-refractivity contribution in [2.75, 3.05) is 18.4 Å². The van der Waals surface area contributed by atoms with Crippen LogP contribution in [0.3, 0.4) is 0 Å². The third-order valence-electron chi connectivity index (χ3n) is 3.85. The maximum Gasteiger partial charge on any atom is 0.410 e. The summed E-state index contributed by atoms with van der Waals surface area (Å²) < 4.78 is 6.56. The summed E-state index contributed by atoms with van der Waals surface area (Å²) in [5.74, 6) is 0. The molecular formula is C18H27BrN2O2. The van der Waals surface area contributed by atoms with E-state index in [0.717, 1.165) is 29.5 Å². The van der Waals surface area contributed by atoms with Gasteiger partial charge in [0.25, 0.3) is 0 Å². The van der Waals surface area contributed by atoms with Crippen LogP contribution >= 0.6 is 15.9 Å². The number of aryl methyl sites for hydroxylation is 2. The van der Waals surface area contributed by atoms with Crippen LogP contribution in [-0.4, -0.2) is 35.7 Å². The van der Waals surface area contributed by atoms with Gasteiger partial charge in [0.15, 0.2) is 0 Å². The second-order valence-corrected chi connectivity index (χ2v) is 8.20. The molecule has 1 aromatic rings. The summed E-state index contributed by atoms with van der Waals surface area (Å²) in [6, 6.07) is 4.53. The van der Waals surface area contributed by atoms with E-state index in [1.807, 2.05) is 25.7 Å². The molecule has 1 fully saturated rings. The van der Waals surface area contributed by atoms with Crippen LogP contribution in [0.25, 0.3) is 0 Å². The van der Waals surface area contributed by atoms with Crippen LogP contribution in [0.4, 0.5) is 10.5 Å². The average Bonchev–Trinajstić information content (AvgIpc) is 2.41. The minimum Gasteiger partial charge on any atom is -0.444 e. The van der Waals surface area contributed by atoms with Gasteiger partial charge in [-0.15, -0.1) is 0 Å². The number of benzene rings is 1. The van der Waals surface area contributed by atoms with Crippen LogP contribution in [0.15, 0.2) is 16.6 Å². The first-order chi connectivity index (χ1) is 10.7. The van der Waals surface area contributed by atoms with Crippen molar-refractivity contribution in [3.63, 3.8) is 0 Å². The first-order valence-corrected chi connectivity index (χ1v) is 8.96. The summed E-state index contributed by atoms with van der Waals surface area (Å²) in [6.45, 7) is 11.3. The maximum absolute atomic E-state index is 12.3. The molecule has 0 bridgehead atoms. The van der Waals surface area contributed by atoms with E-state index in [-0.39, 0.29) is 12.1 Å². The number of ether oxygens (including phenoxy) is 1. The monoisotopic (exact) mass is 382 g/mol. The lowest BCUT2D eigenvalue weighted by Crippen LogP contribution is -2.47. The first kappa shape index (κ1) is 18.1. The van der Waals surface area contributed by atoms with Gasteiger partial charge in [-0.2, -0.15) is 0 Å². The van der Waals surface area contributed by atoms with Crippen molar-refractivity contribution >= 4 is 27.7 Å². The predicted octanol–water partition coefficient (Wildman–Crippen LogP) is 4.88. The van der Waals surface area contributed by atoms with Gasteiger partial charge in [0.2, 0.25) is 0 Å². The molecule has 0 radical (unpaired) electrons. The van der Waals surface area contributed by atoms with E-state index in [2.05, 4.69) is 47.2 Å². The Morgan fingerprint density at radius 3 is 2.65 bits per heavy atom. The number of piperidine rings is 1. The van der Waals surface area contributed by atoms with Crippen molar-refractivity contribution in [1.82, 2.24) is 4.90 Å². The molecule has 128 valence electrons. The highest BCUT2D eigenvalue weighted by Gasteiger charge is 2.28. The Bertz CT molecular complexity index is 558. The van der Waals surface area contributed by atoms with Gasteiger partial charge in [-0.25, -0.2) is 4.79 Å². The molecule has 23 heavy (non-hydrogen) atoms. The Labute approximate surface area is 147 Å². The minimum atomic E-state index is -0.450. The van der Waals surface area contributed by atoms with E-state index in [1.54, 1.807) is 0 Å². The zero-order valence-electron chi connectivity index (χ0n) is 14.7. The molecule has 4 nitrogen and oxygen atoms in total. The number of hydrogen-bond donors (Lipinski definition) is 1. The Kier molecular flexibility index (Phi) is 5.61. The van der Waals surface area contributed by atoms with E-state index in [0.29, 0.717) is 6.54 Å². The number of amides is 1. The van der Waals surface area contributed by atoms with E-state index in [9.17, 15) is 4.79 Å². The van der Waals surface area contributed by atoms with Gasteiger partial charge in [0, 0.05) is 23.6 Å². The van der Waals surface area contributed by atoms with Crippen molar-refractivity contribution in [1.29, 1.82) is 0 Å².